The Bertz CT molecular complexity index is 535. The van der Waals surface area contributed by atoms with Gasteiger partial charge in [0.2, 0.25) is 0 Å². The molecular weight excluding hydrogens is 304 g/mol. The number of aryl methyl sites for hydroxylation is 3. The summed E-state index contributed by atoms with van der Waals surface area (Å²) in [6, 6.07) is 4.28. The summed E-state index contributed by atoms with van der Waals surface area (Å²) >= 11 is 0. The second kappa shape index (κ2) is 9.04. The van der Waals surface area contributed by atoms with E-state index in [0.717, 1.165) is 24.9 Å². The minimum Gasteiger partial charge on any atom is -0.396 e. The van der Waals surface area contributed by atoms with E-state index < -0.39 is 0 Å². The summed E-state index contributed by atoms with van der Waals surface area (Å²) in [6.45, 7) is 8.52. The normalized spacial score (nSPS) is 18.3. The lowest BCUT2D eigenvalue weighted by molar-refractivity contribution is 0.0958. The Labute approximate surface area is 145 Å². The molecule has 1 heterocycles. The predicted molar refractivity (Wildman–Crippen MR) is 96.6 cm³/mol. The summed E-state index contributed by atoms with van der Waals surface area (Å²) in [6.07, 6.45) is 2.77. The maximum atomic E-state index is 12.8. The number of aliphatic hydroxyl groups is 1. The van der Waals surface area contributed by atoms with Crippen molar-refractivity contribution >= 4 is 11.7 Å². The van der Waals surface area contributed by atoms with Crippen molar-refractivity contribution in [3.63, 3.8) is 0 Å². The fourth-order valence-corrected chi connectivity index (χ4v) is 3.12. The van der Waals surface area contributed by atoms with Crippen LogP contribution >= 0.6 is 0 Å². The number of amides is 2. The third-order valence-electron chi connectivity index (χ3n) is 4.65. The van der Waals surface area contributed by atoms with Crippen LogP contribution in [0, 0.1) is 5.92 Å². The number of carbonyl (C=O) groups excluding carboxylic acids is 1. The van der Waals surface area contributed by atoms with E-state index in [2.05, 4.69) is 38.2 Å². The van der Waals surface area contributed by atoms with E-state index in [-0.39, 0.29) is 18.6 Å². The van der Waals surface area contributed by atoms with E-state index in [0.29, 0.717) is 26.3 Å². The fourth-order valence-electron chi connectivity index (χ4n) is 3.12. The number of nitrogens with zero attached hydrogens (tertiary/aromatic N) is 1. The summed E-state index contributed by atoms with van der Waals surface area (Å²) in [5.74, 6) is -0.0167. The molecule has 1 saturated heterocycles. The largest absolute Gasteiger partial charge is 0.396 e. The number of benzene rings is 1. The van der Waals surface area contributed by atoms with Crippen LogP contribution in [0.25, 0.3) is 0 Å². The average Bonchev–Trinajstić information content (AvgIpc) is 2.87. The lowest BCUT2D eigenvalue weighted by atomic mass is 9.98. The van der Waals surface area contributed by atoms with Crippen LogP contribution in [0.2, 0.25) is 0 Å². The summed E-state index contributed by atoms with van der Waals surface area (Å²) in [4.78, 5) is 14.5. The van der Waals surface area contributed by atoms with Crippen molar-refractivity contribution in [1.29, 1.82) is 0 Å². The van der Waals surface area contributed by atoms with Gasteiger partial charge in [-0.15, -0.1) is 0 Å². The molecule has 1 aliphatic rings. The second-order valence-electron chi connectivity index (χ2n) is 6.35. The zero-order valence-electron chi connectivity index (χ0n) is 15.1. The highest BCUT2D eigenvalue weighted by molar-refractivity contribution is 5.91. The van der Waals surface area contributed by atoms with Crippen LogP contribution in [-0.2, 0) is 24.0 Å². The Balaban J connectivity index is 2.21. The lowest BCUT2D eigenvalue weighted by Crippen LogP contribution is -2.40. The monoisotopic (exact) mass is 334 g/mol. The van der Waals surface area contributed by atoms with Crippen LogP contribution in [0.3, 0.4) is 0 Å². The summed E-state index contributed by atoms with van der Waals surface area (Å²) in [7, 11) is 0. The number of nitrogens with one attached hydrogen (secondary N) is 1. The van der Waals surface area contributed by atoms with Gasteiger partial charge in [0.05, 0.1) is 13.2 Å². The molecule has 0 aliphatic carbocycles. The molecule has 1 aliphatic heterocycles. The molecule has 1 aromatic rings. The lowest BCUT2D eigenvalue weighted by Gasteiger charge is -2.25. The predicted octanol–water partition coefficient (Wildman–Crippen LogP) is 2.85. The number of hydrogen-bond donors (Lipinski definition) is 2. The Morgan fingerprint density at radius 2 is 1.92 bits per heavy atom. The Kier molecular flexibility index (Phi) is 7.06. The molecule has 2 N–H and O–H groups in total. The average molecular weight is 334 g/mol. The molecule has 1 atom stereocenters. The molecule has 24 heavy (non-hydrogen) atoms. The molecule has 5 nitrogen and oxygen atoms in total. The fraction of sp³-hybridized carbons (Fsp3) is 0.632. The molecule has 0 spiro atoms. The van der Waals surface area contributed by atoms with Crippen molar-refractivity contribution in [2.75, 3.05) is 38.2 Å². The number of hydrogen-bond acceptors (Lipinski definition) is 3. The standard InChI is InChI=1S/C19H30N2O3/c1-4-14-9-16(5-2)18(17(6-3)10-14)20-19(23)21-7-8-24-13-15(11-21)12-22/h9-10,15,22H,4-8,11-13H2,1-3H3,(H,20,23)/t15-/m0/s1. The first-order valence-corrected chi connectivity index (χ1v) is 9.02. The molecule has 0 saturated carbocycles. The first-order chi connectivity index (χ1) is 11.6. The van der Waals surface area contributed by atoms with Crippen molar-refractivity contribution in [2.45, 2.75) is 40.0 Å². The Morgan fingerprint density at radius 3 is 2.46 bits per heavy atom. The van der Waals surface area contributed by atoms with Gasteiger partial charge in [0.25, 0.3) is 0 Å². The van der Waals surface area contributed by atoms with Crippen LogP contribution in [0.15, 0.2) is 12.1 Å². The van der Waals surface area contributed by atoms with Gasteiger partial charge in [-0.1, -0.05) is 32.9 Å². The minimum atomic E-state index is -0.104. The van der Waals surface area contributed by atoms with Crippen molar-refractivity contribution in [1.82, 2.24) is 4.90 Å². The first-order valence-electron chi connectivity index (χ1n) is 9.02. The van der Waals surface area contributed by atoms with Crippen molar-refractivity contribution < 1.29 is 14.6 Å². The second-order valence-corrected chi connectivity index (χ2v) is 6.35. The number of rotatable bonds is 5. The maximum absolute atomic E-state index is 12.8. The molecule has 0 aromatic heterocycles. The van der Waals surface area contributed by atoms with E-state index >= 15 is 0 Å². The highest BCUT2D eigenvalue weighted by atomic mass is 16.5. The topological polar surface area (TPSA) is 61.8 Å². The van der Waals surface area contributed by atoms with Crippen LogP contribution in [0.5, 0.6) is 0 Å². The first kappa shape index (κ1) is 18.7. The molecule has 1 aromatic carbocycles. The van der Waals surface area contributed by atoms with Gasteiger partial charge in [-0.25, -0.2) is 4.79 Å². The van der Waals surface area contributed by atoms with E-state index in [1.165, 1.54) is 16.7 Å². The Hall–Kier alpha value is -1.59. The van der Waals surface area contributed by atoms with Crippen molar-refractivity contribution in [3.8, 4) is 0 Å². The molecule has 2 amide bonds. The maximum Gasteiger partial charge on any atom is 0.321 e. The van der Waals surface area contributed by atoms with E-state index in [1.807, 2.05) is 0 Å². The molecule has 0 unspecified atom stereocenters. The van der Waals surface area contributed by atoms with Gasteiger partial charge in [0, 0.05) is 31.3 Å². The number of carbonyl (C=O) groups is 1. The van der Waals surface area contributed by atoms with Gasteiger partial charge < -0.3 is 20.1 Å². The molecule has 0 bridgehead atoms. The minimum absolute atomic E-state index is 0.0167. The third kappa shape index (κ3) is 4.48. The summed E-state index contributed by atoms with van der Waals surface area (Å²) in [5, 5.41) is 12.5. The molecule has 134 valence electrons. The van der Waals surface area contributed by atoms with Gasteiger partial charge in [-0.3, -0.25) is 0 Å². The highest BCUT2D eigenvalue weighted by Crippen LogP contribution is 2.26. The van der Waals surface area contributed by atoms with Gasteiger partial charge in [0.1, 0.15) is 0 Å². The Morgan fingerprint density at radius 1 is 1.25 bits per heavy atom. The third-order valence-corrected chi connectivity index (χ3v) is 4.65. The smallest absolute Gasteiger partial charge is 0.321 e. The number of aliphatic hydroxyl groups excluding tert-OH is 1. The molecular formula is C19H30N2O3. The zero-order chi connectivity index (χ0) is 17.5. The highest BCUT2D eigenvalue weighted by Gasteiger charge is 2.23. The zero-order valence-corrected chi connectivity index (χ0v) is 15.1. The number of anilines is 1. The van der Waals surface area contributed by atoms with Crippen LogP contribution < -0.4 is 5.32 Å². The number of urea groups is 1. The molecule has 5 heteroatoms. The van der Waals surface area contributed by atoms with E-state index in [1.54, 1.807) is 4.90 Å². The molecule has 1 fully saturated rings. The van der Waals surface area contributed by atoms with E-state index in [9.17, 15) is 9.90 Å². The molecule has 2 rings (SSSR count). The van der Waals surface area contributed by atoms with E-state index in [4.69, 9.17) is 4.74 Å². The van der Waals surface area contributed by atoms with Crippen molar-refractivity contribution in [2.24, 2.45) is 5.92 Å². The molecule has 0 radical (unpaired) electrons. The van der Waals surface area contributed by atoms with Crippen molar-refractivity contribution in [3.05, 3.63) is 28.8 Å². The summed E-state index contributed by atoms with van der Waals surface area (Å²) in [5.41, 5.74) is 4.63. The van der Waals surface area contributed by atoms with Gasteiger partial charge >= 0.3 is 6.03 Å². The summed E-state index contributed by atoms with van der Waals surface area (Å²) < 4.78 is 5.47. The van der Waals surface area contributed by atoms with Gasteiger partial charge in [-0.05, 0) is 36.0 Å². The number of ether oxygens (including phenoxy) is 1. The quantitative estimate of drug-likeness (QED) is 0.870. The SMILES string of the molecule is CCc1cc(CC)c(NC(=O)N2CCOC[C@H](CO)C2)c(CC)c1. The van der Waals surface area contributed by atoms with Crippen LogP contribution in [-0.4, -0.2) is 48.9 Å². The van der Waals surface area contributed by atoms with Crippen LogP contribution in [0.1, 0.15) is 37.5 Å². The van der Waals surface area contributed by atoms with Gasteiger partial charge in [-0.2, -0.15) is 0 Å². The van der Waals surface area contributed by atoms with Crippen LogP contribution in [0.4, 0.5) is 10.5 Å². The van der Waals surface area contributed by atoms with Gasteiger partial charge in [0.15, 0.2) is 0 Å².